The third-order valence-corrected chi connectivity index (χ3v) is 3.59. The molecule has 1 heterocycles. The van der Waals surface area contributed by atoms with Crippen molar-refractivity contribution in [1.29, 1.82) is 0 Å². The molecule has 1 saturated carbocycles. The van der Waals surface area contributed by atoms with Gasteiger partial charge in [0.15, 0.2) is 0 Å². The molecule has 0 aromatic rings. The molecule has 1 aliphatic carbocycles. The Morgan fingerprint density at radius 1 is 1.36 bits per heavy atom. The molecule has 1 saturated heterocycles. The van der Waals surface area contributed by atoms with Crippen molar-refractivity contribution in [2.24, 2.45) is 17.6 Å². The normalized spacial score (nSPS) is 36.2. The number of halogens is 2. The monoisotopic (exact) mass is 204 g/mol. The van der Waals surface area contributed by atoms with Crippen molar-refractivity contribution in [3.8, 4) is 0 Å². The summed E-state index contributed by atoms with van der Waals surface area (Å²) in [5.41, 5.74) is 5.40. The maximum atomic E-state index is 13.3. The number of nitrogens with two attached hydrogens (primary N) is 1. The Balaban J connectivity index is 1.88. The number of fused-ring (bicyclic) bond motifs is 1. The standard InChI is InChI=1S/C10H18F2N2/c11-10(12)3-2-8-6-14(5-1-4-13)7-9(8)10/h8-9H,1-7,13H2/t8-,9-/m1/s1. The average molecular weight is 204 g/mol. The molecule has 0 aromatic carbocycles. The van der Waals surface area contributed by atoms with Crippen LogP contribution in [0.25, 0.3) is 0 Å². The van der Waals surface area contributed by atoms with Crippen molar-refractivity contribution in [1.82, 2.24) is 4.90 Å². The molecule has 14 heavy (non-hydrogen) atoms. The molecule has 2 N–H and O–H groups in total. The second kappa shape index (κ2) is 3.74. The largest absolute Gasteiger partial charge is 0.330 e. The fraction of sp³-hybridized carbons (Fsp3) is 1.00. The van der Waals surface area contributed by atoms with Gasteiger partial charge in [-0.3, -0.25) is 0 Å². The van der Waals surface area contributed by atoms with Crippen molar-refractivity contribution in [3.63, 3.8) is 0 Å². The number of hydrogen-bond acceptors (Lipinski definition) is 2. The van der Waals surface area contributed by atoms with Crippen molar-refractivity contribution < 1.29 is 8.78 Å². The lowest BCUT2D eigenvalue weighted by Gasteiger charge is -2.19. The van der Waals surface area contributed by atoms with E-state index < -0.39 is 5.92 Å². The molecule has 4 heteroatoms. The van der Waals surface area contributed by atoms with Gasteiger partial charge in [0.2, 0.25) is 0 Å². The molecule has 0 bridgehead atoms. The first-order valence-electron chi connectivity index (χ1n) is 5.44. The molecule has 2 fully saturated rings. The van der Waals surface area contributed by atoms with Crippen LogP contribution in [0.5, 0.6) is 0 Å². The molecule has 0 aromatic heterocycles. The Labute approximate surface area is 83.4 Å². The summed E-state index contributed by atoms with van der Waals surface area (Å²) in [6.45, 7) is 2.99. The third kappa shape index (κ3) is 1.77. The molecule has 0 radical (unpaired) electrons. The number of hydrogen-bond donors (Lipinski definition) is 1. The van der Waals surface area contributed by atoms with Crippen LogP contribution in [0.1, 0.15) is 19.3 Å². The van der Waals surface area contributed by atoms with Crippen molar-refractivity contribution in [3.05, 3.63) is 0 Å². The van der Waals surface area contributed by atoms with E-state index in [0.29, 0.717) is 19.5 Å². The van der Waals surface area contributed by atoms with Gasteiger partial charge in [0.25, 0.3) is 5.92 Å². The molecule has 0 spiro atoms. The molecule has 2 nitrogen and oxygen atoms in total. The number of likely N-dealkylation sites (tertiary alicyclic amines) is 1. The number of alkyl halides is 2. The molecule has 2 atom stereocenters. The number of rotatable bonds is 3. The molecule has 2 rings (SSSR count). The Hall–Kier alpha value is -0.220. The molecule has 82 valence electrons. The SMILES string of the molecule is NCCCN1C[C@H]2CCC(F)(F)[C@@H]2C1. The summed E-state index contributed by atoms with van der Waals surface area (Å²) in [7, 11) is 0. The Kier molecular flexibility index (Phi) is 2.75. The van der Waals surface area contributed by atoms with E-state index in [1.54, 1.807) is 0 Å². The third-order valence-electron chi connectivity index (χ3n) is 3.59. The zero-order valence-corrected chi connectivity index (χ0v) is 8.38. The lowest BCUT2D eigenvalue weighted by Crippen LogP contribution is -2.30. The lowest BCUT2D eigenvalue weighted by molar-refractivity contribution is -0.0398. The first-order valence-corrected chi connectivity index (χ1v) is 5.44. The molecular formula is C10H18F2N2. The smallest absolute Gasteiger partial charge is 0.252 e. The first kappa shape index (κ1) is 10.3. The molecular weight excluding hydrogens is 186 g/mol. The Morgan fingerprint density at radius 2 is 2.14 bits per heavy atom. The molecule has 0 amide bonds. The summed E-state index contributed by atoms with van der Waals surface area (Å²) in [5, 5.41) is 0. The minimum Gasteiger partial charge on any atom is -0.330 e. The van der Waals surface area contributed by atoms with Crippen LogP contribution in [0.15, 0.2) is 0 Å². The lowest BCUT2D eigenvalue weighted by atomic mass is 9.99. The zero-order valence-electron chi connectivity index (χ0n) is 8.38. The van der Waals surface area contributed by atoms with E-state index in [-0.39, 0.29) is 18.3 Å². The minimum absolute atomic E-state index is 0.104. The summed E-state index contributed by atoms with van der Waals surface area (Å²) in [4.78, 5) is 2.15. The Morgan fingerprint density at radius 3 is 2.79 bits per heavy atom. The highest BCUT2D eigenvalue weighted by Gasteiger charge is 2.53. The average Bonchev–Trinajstić information content (AvgIpc) is 2.65. The van der Waals surface area contributed by atoms with Crippen LogP contribution in [0.2, 0.25) is 0 Å². The fourth-order valence-corrected chi connectivity index (χ4v) is 2.79. The van der Waals surface area contributed by atoms with Crippen LogP contribution < -0.4 is 5.73 Å². The van der Waals surface area contributed by atoms with E-state index in [0.717, 1.165) is 19.5 Å². The molecule has 1 aliphatic heterocycles. The van der Waals surface area contributed by atoms with Gasteiger partial charge in [-0.15, -0.1) is 0 Å². The van der Waals surface area contributed by atoms with Gasteiger partial charge in [-0.25, -0.2) is 8.78 Å². The summed E-state index contributed by atoms with van der Waals surface area (Å²) < 4.78 is 26.7. The van der Waals surface area contributed by atoms with Crippen LogP contribution in [-0.4, -0.2) is 37.0 Å². The van der Waals surface area contributed by atoms with Crippen LogP contribution in [-0.2, 0) is 0 Å². The van der Waals surface area contributed by atoms with Crippen LogP contribution in [0, 0.1) is 11.8 Å². The Bertz CT molecular complexity index is 208. The summed E-state index contributed by atoms with van der Waals surface area (Å²) in [6.07, 6.45) is 1.73. The zero-order chi connectivity index (χ0) is 10.2. The van der Waals surface area contributed by atoms with Crippen LogP contribution >= 0.6 is 0 Å². The van der Waals surface area contributed by atoms with Crippen LogP contribution in [0.4, 0.5) is 8.78 Å². The highest BCUT2D eigenvalue weighted by Crippen LogP contribution is 2.47. The van der Waals surface area contributed by atoms with Gasteiger partial charge in [0, 0.05) is 25.4 Å². The van der Waals surface area contributed by atoms with E-state index in [4.69, 9.17) is 5.73 Å². The highest BCUT2D eigenvalue weighted by atomic mass is 19.3. The molecule has 2 aliphatic rings. The minimum atomic E-state index is -2.40. The maximum absolute atomic E-state index is 13.3. The van der Waals surface area contributed by atoms with Gasteiger partial charge in [0.05, 0.1) is 0 Å². The van der Waals surface area contributed by atoms with Gasteiger partial charge in [-0.1, -0.05) is 0 Å². The topological polar surface area (TPSA) is 29.3 Å². The highest BCUT2D eigenvalue weighted by molar-refractivity contribution is 4.97. The predicted molar refractivity (Wildman–Crippen MR) is 51.3 cm³/mol. The summed E-state index contributed by atoms with van der Waals surface area (Å²) in [5.74, 6) is -2.54. The predicted octanol–water partition coefficient (Wildman–Crippen LogP) is 1.31. The maximum Gasteiger partial charge on any atom is 0.252 e. The quantitative estimate of drug-likeness (QED) is 0.751. The summed E-state index contributed by atoms with van der Waals surface area (Å²) >= 11 is 0. The van der Waals surface area contributed by atoms with Gasteiger partial charge in [-0.05, 0) is 31.8 Å². The van der Waals surface area contributed by atoms with Crippen molar-refractivity contribution in [2.75, 3.05) is 26.2 Å². The van der Waals surface area contributed by atoms with E-state index in [9.17, 15) is 8.78 Å². The van der Waals surface area contributed by atoms with Gasteiger partial charge in [-0.2, -0.15) is 0 Å². The van der Waals surface area contributed by atoms with Gasteiger partial charge >= 0.3 is 0 Å². The fourth-order valence-electron chi connectivity index (χ4n) is 2.79. The number of nitrogens with zero attached hydrogens (tertiary/aromatic N) is 1. The summed E-state index contributed by atoms with van der Waals surface area (Å²) in [6, 6.07) is 0. The first-order chi connectivity index (χ1) is 6.63. The van der Waals surface area contributed by atoms with E-state index in [2.05, 4.69) is 4.90 Å². The van der Waals surface area contributed by atoms with Crippen LogP contribution in [0.3, 0.4) is 0 Å². The van der Waals surface area contributed by atoms with Gasteiger partial charge < -0.3 is 10.6 Å². The van der Waals surface area contributed by atoms with Crippen molar-refractivity contribution in [2.45, 2.75) is 25.2 Å². The van der Waals surface area contributed by atoms with E-state index in [1.807, 2.05) is 0 Å². The van der Waals surface area contributed by atoms with E-state index in [1.165, 1.54) is 0 Å². The molecule has 0 unspecified atom stereocenters. The van der Waals surface area contributed by atoms with Gasteiger partial charge in [0.1, 0.15) is 0 Å². The van der Waals surface area contributed by atoms with Crippen molar-refractivity contribution >= 4 is 0 Å². The second-order valence-electron chi connectivity index (χ2n) is 4.57. The second-order valence-corrected chi connectivity index (χ2v) is 4.57. The van der Waals surface area contributed by atoms with E-state index >= 15 is 0 Å².